The number of ether oxygens (including phenoxy) is 1. The fraction of sp³-hybridized carbons (Fsp3) is 0.406. The number of aliphatic hydroxyl groups is 1. The van der Waals surface area contributed by atoms with Crippen molar-refractivity contribution in [3.05, 3.63) is 101 Å². The molecule has 43 heavy (non-hydrogen) atoms. The molecule has 8 nitrogen and oxygen atoms in total. The molecule has 0 bridgehead atoms. The summed E-state index contributed by atoms with van der Waals surface area (Å²) in [7, 11) is -2.01. The van der Waals surface area contributed by atoms with Crippen LogP contribution in [0, 0.1) is 0 Å². The van der Waals surface area contributed by atoms with Gasteiger partial charge in [-0.1, -0.05) is 72.3 Å². The van der Waals surface area contributed by atoms with E-state index in [0.717, 1.165) is 50.0 Å². The number of carbonyl (C=O) groups excluding carboxylic acids is 1. The van der Waals surface area contributed by atoms with Crippen LogP contribution in [0.2, 0.25) is 5.02 Å². The van der Waals surface area contributed by atoms with E-state index in [2.05, 4.69) is 4.90 Å². The van der Waals surface area contributed by atoms with Crippen LogP contribution in [0.25, 0.3) is 0 Å². The number of aliphatic hydroxyl groups excluding tert-OH is 1. The quantitative estimate of drug-likeness (QED) is 0.257. The Morgan fingerprint density at radius 3 is 2.30 bits per heavy atom. The zero-order valence-electron chi connectivity index (χ0n) is 24.4. The van der Waals surface area contributed by atoms with Gasteiger partial charge in [-0.25, -0.2) is 17.5 Å². The lowest BCUT2D eigenvalue weighted by molar-refractivity contribution is 0.0521. The summed E-state index contributed by atoms with van der Waals surface area (Å²) in [5.41, 5.74) is 1.92. The van der Waals surface area contributed by atoms with E-state index >= 15 is 0 Å². The van der Waals surface area contributed by atoms with Gasteiger partial charge < -0.3 is 19.6 Å². The Bertz CT molecular complexity index is 1370. The highest BCUT2D eigenvalue weighted by molar-refractivity contribution is 7.89. The number of amides is 1. The first-order chi connectivity index (χ1) is 20.3. The van der Waals surface area contributed by atoms with Gasteiger partial charge in [0, 0.05) is 44.3 Å². The number of hydrogen-bond acceptors (Lipinski definition) is 6. The molecule has 1 fully saturated rings. The number of piperidine rings is 1. The molecule has 4 rings (SSSR count). The summed E-state index contributed by atoms with van der Waals surface area (Å²) in [4.78, 5) is 17.2. The molecule has 1 atom stereocenters. The average molecular weight is 651 g/mol. The summed E-state index contributed by atoms with van der Waals surface area (Å²) in [6.07, 6.45) is 1.88. The summed E-state index contributed by atoms with van der Waals surface area (Å²) in [6, 6.07) is 25.6. The second-order valence-electron chi connectivity index (χ2n) is 10.7. The van der Waals surface area contributed by atoms with Crippen molar-refractivity contribution >= 4 is 40.1 Å². The molecular weight excluding hydrogens is 609 g/mol. The van der Waals surface area contributed by atoms with Gasteiger partial charge in [-0.2, -0.15) is 0 Å². The van der Waals surface area contributed by atoms with Crippen LogP contribution in [0.3, 0.4) is 0 Å². The second kappa shape index (κ2) is 17.0. The molecule has 1 heterocycles. The Hall–Kier alpha value is -2.66. The molecule has 234 valence electrons. The average Bonchev–Trinajstić information content (AvgIpc) is 3.02. The Kier molecular flexibility index (Phi) is 13.8. The zero-order chi connectivity index (χ0) is 30.0. The van der Waals surface area contributed by atoms with Crippen molar-refractivity contribution in [2.75, 3.05) is 46.4 Å². The third kappa shape index (κ3) is 9.93. The predicted molar refractivity (Wildman–Crippen MR) is 172 cm³/mol. The van der Waals surface area contributed by atoms with Gasteiger partial charge in [-0.15, -0.1) is 12.4 Å². The highest BCUT2D eigenvalue weighted by Gasteiger charge is 2.30. The molecule has 0 aliphatic carbocycles. The predicted octanol–water partition coefficient (Wildman–Crippen LogP) is 5.65. The standard InChI is InChI=1S/C32H40ClN3O5S.ClH/c1-34(42(39,40)31-13-6-3-7-14-31)24-28(27-11-8-12-29(33)23-27)15-18-35-19-16-30(17-20-35)36(21-22-37)32(38)41-25-26-9-4-2-5-10-26;/h2-14,23,28,30,37H,15-22,24-25H2,1H3;1H. The first-order valence-corrected chi connectivity index (χ1v) is 16.2. The molecule has 1 aliphatic rings. The van der Waals surface area contributed by atoms with Crippen LogP contribution < -0.4 is 0 Å². The first-order valence-electron chi connectivity index (χ1n) is 14.4. The van der Waals surface area contributed by atoms with Crippen LogP contribution in [0.4, 0.5) is 4.79 Å². The summed E-state index contributed by atoms with van der Waals surface area (Å²) >= 11 is 6.31. The molecule has 1 aliphatic heterocycles. The molecule has 1 N–H and O–H groups in total. The largest absolute Gasteiger partial charge is 0.445 e. The van der Waals surface area contributed by atoms with Gasteiger partial charge in [0.05, 0.1) is 11.5 Å². The minimum atomic E-state index is -3.63. The SMILES string of the molecule is CN(CC(CCN1CCC(N(CCO)C(=O)OCc2ccccc2)CC1)c1cccc(Cl)c1)S(=O)(=O)c1ccccc1.Cl. The molecule has 3 aromatic rings. The third-order valence-electron chi connectivity index (χ3n) is 7.82. The number of hydrogen-bond donors (Lipinski definition) is 1. The van der Waals surface area contributed by atoms with Crippen molar-refractivity contribution < 1.29 is 23.1 Å². The van der Waals surface area contributed by atoms with Gasteiger partial charge in [-0.05, 0) is 67.1 Å². The van der Waals surface area contributed by atoms with Gasteiger partial charge in [-0.3, -0.25) is 0 Å². The maximum Gasteiger partial charge on any atom is 0.410 e. The van der Waals surface area contributed by atoms with E-state index in [0.29, 0.717) is 11.6 Å². The number of likely N-dealkylation sites (tertiary alicyclic amines) is 1. The monoisotopic (exact) mass is 649 g/mol. The molecule has 11 heteroatoms. The number of nitrogens with zero attached hydrogens (tertiary/aromatic N) is 3. The number of benzene rings is 3. The van der Waals surface area contributed by atoms with E-state index in [-0.39, 0.29) is 49.0 Å². The molecule has 0 saturated carbocycles. The van der Waals surface area contributed by atoms with Crippen LogP contribution in [0.5, 0.6) is 0 Å². The Morgan fingerprint density at radius 1 is 1.02 bits per heavy atom. The van der Waals surface area contributed by atoms with Gasteiger partial charge in [0.1, 0.15) is 6.61 Å². The van der Waals surface area contributed by atoms with Crippen LogP contribution in [0.15, 0.2) is 89.8 Å². The number of halogens is 2. The normalized spacial score (nSPS) is 15.1. The van der Waals surface area contributed by atoms with E-state index in [9.17, 15) is 18.3 Å². The summed E-state index contributed by atoms with van der Waals surface area (Å²) < 4.78 is 33.5. The molecule has 0 radical (unpaired) electrons. The van der Waals surface area contributed by atoms with E-state index in [4.69, 9.17) is 16.3 Å². The zero-order valence-corrected chi connectivity index (χ0v) is 26.8. The van der Waals surface area contributed by atoms with Crippen LogP contribution in [0.1, 0.15) is 36.3 Å². The van der Waals surface area contributed by atoms with Crippen molar-refractivity contribution in [3.8, 4) is 0 Å². The maximum absolute atomic E-state index is 13.2. The van der Waals surface area contributed by atoms with E-state index < -0.39 is 16.1 Å². The lowest BCUT2D eigenvalue weighted by Gasteiger charge is -2.38. The summed E-state index contributed by atoms with van der Waals surface area (Å²) in [6.45, 7) is 2.99. The van der Waals surface area contributed by atoms with Crippen molar-refractivity contribution in [3.63, 3.8) is 0 Å². The lowest BCUT2D eigenvalue weighted by Crippen LogP contribution is -2.48. The molecule has 3 aromatic carbocycles. The molecule has 1 saturated heterocycles. The van der Waals surface area contributed by atoms with Crippen LogP contribution in [-0.4, -0.2) is 86.1 Å². The molecule has 0 aromatic heterocycles. The third-order valence-corrected chi connectivity index (χ3v) is 9.89. The molecule has 1 unspecified atom stereocenters. The minimum absolute atomic E-state index is 0. The van der Waals surface area contributed by atoms with Crippen molar-refractivity contribution in [1.82, 2.24) is 14.1 Å². The lowest BCUT2D eigenvalue weighted by atomic mass is 9.94. The van der Waals surface area contributed by atoms with E-state index in [1.807, 2.05) is 54.6 Å². The summed E-state index contributed by atoms with van der Waals surface area (Å²) in [5, 5.41) is 10.2. The summed E-state index contributed by atoms with van der Waals surface area (Å²) in [5.74, 6) is -0.0521. The Balaban J connectivity index is 0.00000506. The van der Waals surface area contributed by atoms with Crippen molar-refractivity contribution in [2.45, 2.75) is 42.7 Å². The number of carbonyl (C=O) groups is 1. The van der Waals surface area contributed by atoms with Crippen LogP contribution >= 0.6 is 24.0 Å². The maximum atomic E-state index is 13.2. The number of likely N-dealkylation sites (N-methyl/N-ethyl adjacent to an activating group) is 1. The topological polar surface area (TPSA) is 90.4 Å². The smallest absolute Gasteiger partial charge is 0.410 e. The number of rotatable bonds is 13. The highest BCUT2D eigenvalue weighted by Crippen LogP contribution is 2.27. The van der Waals surface area contributed by atoms with Gasteiger partial charge in [0.2, 0.25) is 10.0 Å². The highest BCUT2D eigenvalue weighted by atomic mass is 35.5. The second-order valence-corrected chi connectivity index (χ2v) is 13.2. The Labute approximate surface area is 266 Å². The van der Waals surface area contributed by atoms with Gasteiger partial charge in [0.15, 0.2) is 0 Å². The van der Waals surface area contributed by atoms with E-state index in [1.165, 1.54) is 4.31 Å². The van der Waals surface area contributed by atoms with Gasteiger partial charge >= 0.3 is 6.09 Å². The fourth-order valence-electron chi connectivity index (χ4n) is 5.43. The van der Waals surface area contributed by atoms with Crippen molar-refractivity contribution in [1.29, 1.82) is 0 Å². The molecule has 0 spiro atoms. The van der Waals surface area contributed by atoms with E-state index in [1.54, 1.807) is 42.3 Å². The minimum Gasteiger partial charge on any atom is -0.445 e. The first kappa shape index (κ1) is 34.8. The Morgan fingerprint density at radius 2 is 1.67 bits per heavy atom. The van der Waals surface area contributed by atoms with Crippen LogP contribution in [-0.2, 0) is 21.4 Å². The number of sulfonamides is 1. The fourth-order valence-corrected chi connectivity index (χ4v) is 6.87. The van der Waals surface area contributed by atoms with Crippen molar-refractivity contribution in [2.24, 2.45) is 0 Å². The molecule has 1 amide bonds. The van der Waals surface area contributed by atoms with Gasteiger partial charge in [0.25, 0.3) is 0 Å². The molecular formula is C32H41Cl2N3O5S.